The second-order valence-corrected chi connectivity index (χ2v) is 7.07. The fraction of sp³-hybridized carbons (Fsp3) is 0.500. The van der Waals surface area contributed by atoms with Crippen LogP contribution in [0, 0.1) is 6.92 Å². The topological polar surface area (TPSA) is 34.9 Å². The SMILES string of the molecule is Cc1ccc2c(c1)nc(C(C)Cl)n2CCCS(C)=O. The van der Waals surface area contributed by atoms with Crippen molar-refractivity contribution in [2.75, 3.05) is 12.0 Å². The maximum atomic E-state index is 11.2. The minimum absolute atomic E-state index is 0.125. The zero-order valence-corrected chi connectivity index (χ0v) is 13.1. The van der Waals surface area contributed by atoms with Crippen LogP contribution in [0.25, 0.3) is 11.0 Å². The van der Waals surface area contributed by atoms with E-state index in [1.807, 2.05) is 6.92 Å². The van der Waals surface area contributed by atoms with Gasteiger partial charge in [-0.05, 0) is 38.0 Å². The Balaban J connectivity index is 2.37. The van der Waals surface area contributed by atoms with Gasteiger partial charge in [0.15, 0.2) is 0 Å². The number of halogens is 1. The lowest BCUT2D eigenvalue weighted by Crippen LogP contribution is -2.07. The molecule has 0 aliphatic carbocycles. The number of aryl methyl sites for hydroxylation is 2. The maximum absolute atomic E-state index is 11.2. The molecule has 2 rings (SSSR count). The molecular weight excluding hydrogens is 280 g/mol. The first kappa shape index (κ1) is 14.5. The summed E-state index contributed by atoms with van der Waals surface area (Å²) in [5.41, 5.74) is 3.29. The molecule has 104 valence electrons. The molecule has 0 aliphatic heterocycles. The van der Waals surface area contributed by atoms with Gasteiger partial charge in [0, 0.05) is 29.4 Å². The summed E-state index contributed by atoms with van der Waals surface area (Å²) < 4.78 is 13.3. The number of nitrogens with zero attached hydrogens (tertiary/aromatic N) is 2. The van der Waals surface area contributed by atoms with Crippen molar-refractivity contribution in [2.24, 2.45) is 0 Å². The maximum Gasteiger partial charge on any atom is 0.127 e. The largest absolute Gasteiger partial charge is 0.327 e. The highest BCUT2D eigenvalue weighted by atomic mass is 35.5. The number of fused-ring (bicyclic) bond motifs is 1. The van der Waals surface area contributed by atoms with Gasteiger partial charge in [-0.1, -0.05) is 6.07 Å². The Morgan fingerprint density at radius 1 is 1.47 bits per heavy atom. The summed E-state index contributed by atoms with van der Waals surface area (Å²) in [5, 5.41) is -0.125. The number of benzene rings is 1. The summed E-state index contributed by atoms with van der Waals surface area (Å²) >= 11 is 6.22. The fourth-order valence-corrected chi connectivity index (χ4v) is 2.93. The monoisotopic (exact) mass is 298 g/mol. The zero-order chi connectivity index (χ0) is 14.0. The van der Waals surface area contributed by atoms with Crippen LogP contribution in [-0.2, 0) is 17.3 Å². The van der Waals surface area contributed by atoms with Crippen LogP contribution in [0.15, 0.2) is 18.2 Å². The van der Waals surface area contributed by atoms with Gasteiger partial charge in [0.1, 0.15) is 5.82 Å². The molecule has 0 spiro atoms. The third kappa shape index (κ3) is 3.37. The van der Waals surface area contributed by atoms with Crippen molar-refractivity contribution in [3.8, 4) is 0 Å². The molecule has 0 fully saturated rings. The van der Waals surface area contributed by atoms with Crippen LogP contribution in [0.3, 0.4) is 0 Å². The summed E-state index contributed by atoms with van der Waals surface area (Å²) in [6, 6.07) is 6.25. The normalized spacial score (nSPS) is 14.7. The summed E-state index contributed by atoms with van der Waals surface area (Å²) in [7, 11) is -0.748. The van der Waals surface area contributed by atoms with Gasteiger partial charge in [-0.15, -0.1) is 11.6 Å². The molecule has 5 heteroatoms. The summed E-state index contributed by atoms with van der Waals surface area (Å²) in [4.78, 5) is 4.63. The quantitative estimate of drug-likeness (QED) is 0.793. The van der Waals surface area contributed by atoms with E-state index in [2.05, 4.69) is 34.7 Å². The van der Waals surface area contributed by atoms with Crippen molar-refractivity contribution in [3.63, 3.8) is 0 Å². The van der Waals surface area contributed by atoms with E-state index in [0.717, 1.165) is 29.8 Å². The van der Waals surface area contributed by atoms with E-state index in [9.17, 15) is 4.21 Å². The van der Waals surface area contributed by atoms with Gasteiger partial charge < -0.3 is 4.57 Å². The standard InChI is InChI=1S/C14H19ClN2OS/c1-10-5-6-13-12(9-10)16-14(11(2)15)17(13)7-4-8-19(3)18/h5-6,9,11H,4,7-8H2,1-3H3. The Kier molecular flexibility index (Phi) is 4.63. The molecule has 0 N–H and O–H groups in total. The van der Waals surface area contributed by atoms with E-state index >= 15 is 0 Å². The average Bonchev–Trinajstić information content (AvgIpc) is 2.67. The molecule has 19 heavy (non-hydrogen) atoms. The van der Waals surface area contributed by atoms with Crippen molar-refractivity contribution < 1.29 is 4.21 Å². The van der Waals surface area contributed by atoms with Gasteiger partial charge >= 0.3 is 0 Å². The molecule has 0 saturated carbocycles. The van der Waals surface area contributed by atoms with Gasteiger partial charge in [0.2, 0.25) is 0 Å². The molecule has 2 unspecified atom stereocenters. The van der Waals surface area contributed by atoms with E-state index in [0.29, 0.717) is 5.75 Å². The predicted octanol–water partition coefficient (Wildman–Crippen LogP) is 3.41. The Hall–Kier alpha value is -0.870. The summed E-state index contributed by atoms with van der Waals surface area (Å²) in [5.74, 6) is 1.60. The molecule has 0 radical (unpaired) electrons. The minimum atomic E-state index is -0.748. The van der Waals surface area contributed by atoms with Crippen LogP contribution in [0.2, 0.25) is 0 Å². The average molecular weight is 299 g/mol. The Morgan fingerprint density at radius 3 is 2.84 bits per heavy atom. The van der Waals surface area contributed by atoms with E-state index in [1.165, 1.54) is 5.56 Å². The first-order valence-electron chi connectivity index (χ1n) is 6.40. The molecule has 0 aliphatic rings. The van der Waals surface area contributed by atoms with Gasteiger partial charge in [-0.3, -0.25) is 4.21 Å². The summed E-state index contributed by atoms with van der Waals surface area (Å²) in [6.07, 6.45) is 2.61. The third-order valence-electron chi connectivity index (χ3n) is 3.10. The number of imidazole rings is 1. The smallest absolute Gasteiger partial charge is 0.127 e. The van der Waals surface area contributed by atoms with Crippen molar-refractivity contribution in [1.82, 2.24) is 9.55 Å². The molecule has 0 bridgehead atoms. The van der Waals surface area contributed by atoms with Crippen LogP contribution >= 0.6 is 11.6 Å². The van der Waals surface area contributed by atoms with Crippen LogP contribution in [0.4, 0.5) is 0 Å². The lowest BCUT2D eigenvalue weighted by atomic mass is 10.2. The number of hydrogen-bond acceptors (Lipinski definition) is 2. The molecule has 1 aromatic carbocycles. The predicted molar refractivity (Wildman–Crippen MR) is 82.3 cm³/mol. The van der Waals surface area contributed by atoms with Gasteiger partial charge in [0.05, 0.1) is 16.4 Å². The Morgan fingerprint density at radius 2 is 2.21 bits per heavy atom. The summed E-state index contributed by atoms with van der Waals surface area (Å²) in [6.45, 7) is 4.80. The van der Waals surface area contributed by atoms with Crippen LogP contribution in [-0.4, -0.2) is 25.8 Å². The first-order valence-corrected chi connectivity index (χ1v) is 8.56. The number of alkyl halides is 1. The van der Waals surface area contributed by atoms with E-state index in [-0.39, 0.29) is 5.38 Å². The van der Waals surface area contributed by atoms with Crippen LogP contribution in [0.1, 0.15) is 30.1 Å². The van der Waals surface area contributed by atoms with Crippen LogP contribution < -0.4 is 0 Å². The second-order valence-electron chi connectivity index (χ2n) is 4.86. The Labute approximate surface area is 121 Å². The van der Waals surface area contributed by atoms with Gasteiger partial charge in [0.25, 0.3) is 0 Å². The first-order chi connectivity index (χ1) is 8.99. The second kappa shape index (κ2) is 6.06. The molecular formula is C14H19ClN2OS. The highest BCUT2D eigenvalue weighted by Gasteiger charge is 2.14. The fourth-order valence-electron chi connectivity index (χ4n) is 2.22. The lowest BCUT2D eigenvalue weighted by molar-refractivity contribution is 0.646. The molecule has 0 amide bonds. The molecule has 2 aromatic rings. The highest BCUT2D eigenvalue weighted by Crippen LogP contribution is 2.25. The highest BCUT2D eigenvalue weighted by molar-refractivity contribution is 7.84. The lowest BCUT2D eigenvalue weighted by Gasteiger charge is -2.10. The minimum Gasteiger partial charge on any atom is -0.327 e. The van der Waals surface area contributed by atoms with E-state index in [1.54, 1.807) is 6.26 Å². The molecule has 1 aromatic heterocycles. The molecule has 0 saturated heterocycles. The number of aromatic nitrogens is 2. The van der Waals surface area contributed by atoms with Gasteiger partial charge in [-0.2, -0.15) is 0 Å². The zero-order valence-electron chi connectivity index (χ0n) is 11.5. The molecule has 1 heterocycles. The van der Waals surface area contributed by atoms with Gasteiger partial charge in [-0.25, -0.2) is 4.98 Å². The van der Waals surface area contributed by atoms with Crippen molar-refractivity contribution in [1.29, 1.82) is 0 Å². The number of rotatable bonds is 5. The van der Waals surface area contributed by atoms with Crippen molar-refractivity contribution in [2.45, 2.75) is 32.2 Å². The van der Waals surface area contributed by atoms with E-state index < -0.39 is 10.8 Å². The molecule has 3 nitrogen and oxygen atoms in total. The van der Waals surface area contributed by atoms with Crippen molar-refractivity contribution in [3.05, 3.63) is 29.6 Å². The molecule has 2 atom stereocenters. The third-order valence-corrected chi connectivity index (χ3v) is 4.16. The van der Waals surface area contributed by atoms with Crippen LogP contribution in [0.5, 0.6) is 0 Å². The Bertz CT molecular complexity index is 607. The van der Waals surface area contributed by atoms with E-state index in [4.69, 9.17) is 11.6 Å². The number of hydrogen-bond donors (Lipinski definition) is 0. The van der Waals surface area contributed by atoms with Crippen molar-refractivity contribution >= 4 is 33.4 Å².